The molecular weight excluding hydrogens is 380 g/mol. The minimum atomic E-state index is -0.271. The highest BCUT2D eigenvalue weighted by Crippen LogP contribution is 2.24. The van der Waals surface area contributed by atoms with Crippen LogP contribution in [0.15, 0.2) is 48.5 Å². The fraction of sp³-hybridized carbons (Fsp3) is 0.304. The van der Waals surface area contributed by atoms with Crippen LogP contribution >= 0.6 is 0 Å². The van der Waals surface area contributed by atoms with E-state index in [2.05, 4.69) is 20.1 Å². The van der Waals surface area contributed by atoms with Crippen LogP contribution in [0, 0.1) is 0 Å². The van der Waals surface area contributed by atoms with Crippen molar-refractivity contribution >= 4 is 17.4 Å². The molecule has 0 radical (unpaired) electrons. The lowest BCUT2D eigenvalue weighted by atomic mass is 10.1. The number of amides is 1. The lowest BCUT2D eigenvalue weighted by Crippen LogP contribution is -2.20. The molecule has 0 atom stereocenters. The quantitative estimate of drug-likeness (QED) is 0.630. The summed E-state index contributed by atoms with van der Waals surface area (Å²) in [4.78, 5) is 23.7. The second-order valence-electron chi connectivity index (χ2n) is 7.40. The Morgan fingerprint density at radius 3 is 2.70 bits per heavy atom. The SMILES string of the molecule is CC(=O)c1cccc(OCC(=O)Nc2ccc(-c3nnc4n3CCCCC4)cc2)c1. The van der Waals surface area contributed by atoms with Gasteiger partial charge in [0.1, 0.15) is 11.6 Å². The first-order chi connectivity index (χ1) is 14.6. The Kier molecular flexibility index (Phi) is 5.88. The number of fused-ring (bicyclic) bond motifs is 1. The van der Waals surface area contributed by atoms with Crippen LogP contribution in [-0.4, -0.2) is 33.1 Å². The maximum atomic E-state index is 12.2. The maximum Gasteiger partial charge on any atom is 0.262 e. The number of carbonyl (C=O) groups excluding carboxylic acids is 2. The maximum absolute atomic E-state index is 12.2. The number of hydrogen-bond donors (Lipinski definition) is 1. The largest absolute Gasteiger partial charge is 0.484 e. The number of benzene rings is 2. The summed E-state index contributed by atoms with van der Waals surface area (Å²) in [5.74, 6) is 2.09. The van der Waals surface area contributed by atoms with Crippen molar-refractivity contribution in [2.45, 2.75) is 39.2 Å². The van der Waals surface area contributed by atoms with Crippen molar-refractivity contribution in [1.82, 2.24) is 14.8 Å². The van der Waals surface area contributed by atoms with Crippen LogP contribution in [0.25, 0.3) is 11.4 Å². The van der Waals surface area contributed by atoms with Gasteiger partial charge in [0, 0.05) is 29.8 Å². The number of anilines is 1. The van der Waals surface area contributed by atoms with Gasteiger partial charge in [-0.1, -0.05) is 18.6 Å². The van der Waals surface area contributed by atoms with Crippen molar-refractivity contribution in [3.8, 4) is 17.1 Å². The summed E-state index contributed by atoms with van der Waals surface area (Å²) < 4.78 is 7.70. The zero-order valence-electron chi connectivity index (χ0n) is 16.9. The molecule has 0 aliphatic carbocycles. The molecule has 2 aromatic carbocycles. The predicted molar refractivity (Wildman–Crippen MR) is 114 cm³/mol. The summed E-state index contributed by atoms with van der Waals surface area (Å²) in [6.07, 6.45) is 4.48. The van der Waals surface area contributed by atoms with E-state index in [9.17, 15) is 9.59 Å². The smallest absolute Gasteiger partial charge is 0.262 e. The van der Waals surface area contributed by atoms with Gasteiger partial charge in [-0.05, 0) is 56.2 Å². The number of rotatable bonds is 6. The molecule has 30 heavy (non-hydrogen) atoms. The summed E-state index contributed by atoms with van der Waals surface area (Å²) in [6.45, 7) is 2.30. The second kappa shape index (κ2) is 8.90. The Hall–Kier alpha value is -3.48. The first kappa shape index (κ1) is 19.8. The number of nitrogens with one attached hydrogen (secondary N) is 1. The molecule has 7 heteroatoms. The number of Topliss-reactive ketones (excluding diaryl/α,β-unsaturated/α-hetero) is 1. The fourth-order valence-corrected chi connectivity index (χ4v) is 3.55. The molecule has 1 aliphatic heterocycles. The van der Waals surface area contributed by atoms with Crippen LogP contribution in [0.2, 0.25) is 0 Å². The third-order valence-electron chi connectivity index (χ3n) is 5.15. The number of aromatic nitrogens is 3. The molecule has 0 spiro atoms. The van der Waals surface area contributed by atoms with Crippen LogP contribution in [-0.2, 0) is 17.8 Å². The molecule has 0 saturated carbocycles. The molecule has 0 bridgehead atoms. The van der Waals surface area contributed by atoms with Gasteiger partial charge >= 0.3 is 0 Å². The Balaban J connectivity index is 1.37. The number of ether oxygens (including phenoxy) is 1. The van der Waals surface area contributed by atoms with Gasteiger partial charge in [-0.3, -0.25) is 9.59 Å². The number of carbonyl (C=O) groups is 2. The fourth-order valence-electron chi connectivity index (χ4n) is 3.55. The average Bonchev–Trinajstić information content (AvgIpc) is 3.01. The molecule has 1 amide bonds. The highest BCUT2D eigenvalue weighted by molar-refractivity contribution is 5.94. The highest BCUT2D eigenvalue weighted by atomic mass is 16.5. The van der Waals surface area contributed by atoms with Crippen LogP contribution in [0.1, 0.15) is 42.4 Å². The Morgan fingerprint density at radius 2 is 1.90 bits per heavy atom. The van der Waals surface area contributed by atoms with Crippen molar-refractivity contribution in [1.29, 1.82) is 0 Å². The van der Waals surface area contributed by atoms with Gasteiger partial charge in [0.2, 0.25) is 0 Å². The molecule has 3 aromatic rings. The molecule has 4 rings (SSSR count). The average molecular weight is 404 g/mol. The monoisotopic (exact) mass is 404 g/mol. The molecule has 1 aromatic heterocycles. The summed E-state index contributed by atoms with van der Waals surface area (Å²) in [6, 6.07) is 14.4. The lowest BCUT2D eigenvalue weighted by molar-refractivity contribution is -0.118. The van der Waals surface area contributed by atoms with Gasteiger partial charge in [0.05, 0.1) is 0 Å². The van der Waals surface area contributed by atoms with Gasteiger partial charge < -0.3 is 14.6 Å². The third kappa shape index (κ3) is 4.56. The second-order valence-corrected chi connectivity index (χ2v) is 7.40. The topological polar surface area (TPSA) is 86.1 Å². The van der Waals surface area contributed by atoms with Crippen molar-refractivity contribution in [3.05, 3.63) is 59.9 Å². The molecule has 1 aliphatic rings. The summed E-state index contributed by atoms with van der Waals surface area (Å²) in [5, 5.41) is 11.5. The van der Waals surface area contributed by atoms with Gasteiger partial charge in [-0.15, -0.1) is 10.2 Å². The van der Waals surface area contributed by atoms with Crippen molar-refractivity contribution in [2.75, 3.05) is 11.9 Å². The van der Waals surface area contributed by atoms with E-state index >= 15 is 0 Å². The van der Waals surface area contributed by atoms with Crippen molar-refractivity contribution in [2.24, 2.45) is 0 Å². The van der Waals surface area contributed by atoms with E-state index in [1.54, 1.807) is 24.3 Å². The highest BCUT2D eigenvalue weighted by Gasteiger charge is 2.16. The summed E-state index contributed by atoms with van der Waals surface area (Å²) >= 11 is 0. The zero-order valence-corrected chi connectivity index (χ0v) is 16.9. The molecule has 0 unspecified atom stereocenters. The predicted octanol–water partition coefficient (Wildman–Crippen LogP) is 3.89. The Bertz CT molecular complexity index is 1060. The number of aryl methyl sites for hydroxylation is 1. The molecule has 1 N–H and O–H groups in total. The third-order valence-corrected chi connectivity index (χ3v) is 5.15. The molecule has 2 heterocycles. The normalized spacial score (nSPS) is 13.2. The van der Waals surface area contributed by atoms with Crippen molar-refractivity contribution in [3.63, 3.8) is 0 Å². The standard InChI is InChI=1S/C23H24N4O3/c1-16(28)18-6-5-7-20(14-18)30-15-22(29)24-19-11-9-17(10-12-19)23-26-25-21-8-3-2-4-13-27(21)23/h5-7,9-12,14H,2-4,8,13,15H2,1H3,(H,24,29). The van der Waals surface area contributed by atoms with Gasteiger partial charge in [0.15, 0.2) is 18.2 Å². The minimum Gasteiger partial charge on any atom is -0.484 e. The van der Waals surface area contributed by atoms with Crippen LogP contribution in [0.4, 0.5) is 5.69 Å². The van der Waals surface area contributed by atoms with E-state index < -0.39 is 0 Å². The van der Waals surface area contributed by atoms with Crippen LogP contribution < -0.4 is 10.1 Å². The number of nitrogens with zero attached hydrogens (tertiary/aromatic N) is 3. The minimum absolute atomic E-state index is 0.0467. The van der Waals surface area contributed by atoms with E-state index in [0.29, 0.717) is 17.0 Å². The zero-order chi connectivity index (χ0) is 20.9. The summed E-state index contributed by atoms with van der Waals surface area (Å²) in [7, 11) is 0. The molecule has 154 valence electrons. The summed E-state index contributed by atoms with van der Waals surface area (Å²) in [5.41, 5.74) is 2.21. The van der Waals surface area contributed by atoms with E-state index in [0.717, 1.165) is 43.0 Å². The van der Waals surface area contributed by atoms with Gasteiger partial charge in [0.25, 0.3) is 5.91 Å². The first-order valence-electron chi connectivity index (χ1n) is 10.2. The first-order valence-corrected chi connectivity index (χ1v) is 10.2. The number of hydrogen-bond acceptors (Lipinski definition) is 5. The van der Waals surface area contributed by atoms with E-state index in [4.69, 9.17) is 4.74 Å². The van der Waals surface area contributed by atoms with Crippen molar-refractivity contribution < 1.29 is 14.3 Å². The molecule has 7 nitrogen and oxygen atoms in total. The van der Waals surface area contributed by atoms with Gasteiger partial charge in [-0.2, -0.15) is 0 Å². The molecular formula is C23H24N4O3. The Labute approximate surface area is 175 Å². The van der Waals surface area contributed by atoms with E-state index in [1.165, 1.54) is 13.3 Å². The van der Waals surface area contributed by atoms with E-state index in [-0.39, 0.29) is 18.3 Å². The van der Waals surface area contributed by atoms with E-state index in [1.807, 2.05) is 24.3 Å². The number of ketones is 1. The lowest BCUT2D eigenvalue weighted by Gasteiger charge is -2.10. The molecule has 0 saturated heterocycles. The van der Waals surface area contributed by atoms with Gasteiger partial charge in [-0.25, -0.2) is 0 Å². The molecule has 0 fully saturated rings. The Morgan fingerprint density at radius 1 is 1.07 bits per heavy atom. The van der Waals surface area contributed by atoms with Crippen LogP contribution in [0.5, 0.6) is 5.75 Å². The van der Waals surface area contributed by atoms with Crippen LogP contribution in [0.3, 0.4) is 0 Å².